The first-order valence-corrected chi connectivity index (χ1v) is 22.3. The zero-order valence-electron chi connectivity index (χ0n) is 33.6. The number of carboxylic acids is 1. The highest BCUT2D eigenvalue weighted by molar-refractivity contribution is 5.81. The molecule has 0 bridgehead atoms. The van der Waals surface area contributed by atoms with Crippen LogP contribution in [0.15, 0.2) is 0 Å². The first-order chi connectivity index (χ1) is 24.6. The highest BCUT2D eigenvalue weighted by Crippen LogP contribution is 2.68. The molecule has 4 saturated carbocycles. The van der Waals surface area contributed by atoms with Crippen LogP contribution in [-0.2, 0) is 19.1 Å². The molecule has 0 aromatic carbocycles. The van der Waals surface area contributed by atoms with E-state index in [1.807, 2.05) is 0 Å². The summed E-state index contributed by atoms with van der Waals surface area (Å²) in [5, 5.41) is 11.4. The maximum Gasteiger partial charge on any atom is 0.322 e. The van der Waals surface area contributed by atoms with Gasteiger partial charge in [-0.15, -0.1) is 0 Å². The number of rotatable bonds is 24. The summed E-state index contributed by atoms with van der Waals surface area (Å²) in [6, 6.07) is 0. The third-order valence-electron chi connectivity index (χ3n) is 15.2. The molecule has 0 aromatic rings. The Balaban J connectivity index is 1.08. The molecule has 1 amide bonds. The van der Waals surface area contributed by atoms with Gasteiger partial charge in [0.25, 0.3) is 0 Å². The zero-order valence-corrected chi connectivity index (χ0v) is 33.6. The summed E-state index contributed by atoms with van der Waals surface area (Å²) in [6.07, 6.45) is 34.6. The van der Waals surface area contributed by atoms with Crippen LogP contribution in [0.25, 0.3) is 0 Å². The fourth-order valence-electron chi connectivity index (χ4n) is 12.2. The van der Waals surface area contributed by atoms with Crippen LogP contribution in [0, 0.1) is 46.3 Å². The number of hydrogen-bond donors (Lipinski definition) is 2. The molecule has 0 aromatic heterocycles. The van der Waals surface area contributed by atoms with Crippen LogP contribution in [-0.4, -0.2) is 35.6 Å². The number of nitrogens with one attached hydrogen (secondary N) is 1. The fourth-order valence-corrected chi connectivity index (χ4v) is 12.2. The Kier molecular flexibility index (Phi) is 17.6. The Labute approximate surface area is 313 Å². The molecular formula is C45H79NO5. The number of hydrogen-bond acceptors (Lipinski definition) is 4. The van der Waals surface area contributed by atoms with Gasteiger partial charge in [0.15, 0.2) is 0 Å². The summed E-state index contributed by atoms with van der Waals surface area (Å²) in [7, 11) is 0. The minimum Gasteiger partial charge on any atom is -0.480 e. The number of fused-ring (bicyclic) bond motifs is 5. The van der Waals surface area contributed by atoms with Gasteiger partial charge >= 0.3 is 11.9 Å². The molecule has 2 N–H and O–H groups in total. The van der Waals surface area contributed by atoms with E-state index in [0.717, 1.165) is 49.9 Å². The van der Waals surface area contributed by atoms with E-state index < -0.39 is 5.97 Å². The van der Waals surface area contributed by atoms with Crippen LogP contribution in [0.4, 0.5) is 0 Å². The number of carboxylic acid groups (broad SMARTS) is 1. The van der Waals surface area contributed by atoms with E-state index in [1.165, 1.54) is 135 Å². The molecule has 0 heterocycles. The molecule has 9 unspecified atom stereocenters. The van der Waals surface area contributed by atoms with Gasteiger partial charge in [0.2, 0.25) is 5.91 Å². The number of unbranched alkanes of at least 4 members (excludes halogenated alkanes) is 15. The van der Waals surface area contributed by atoms with Gasteiger partial charge in [0.1, 0.15) is 12.6 Å². The first-order valence-electron chi connectivity index (χ1n) is 22.3. The van der Waals surface area contributed by atoms with Crippen LogP contribution < -0.4 is 5.32 Å². The second-order valence-electron chi connectivity index (χ2n) is 18.5. The second kappa shape index (κ2) is 21.3. The summed E-state index contributed by atoms with van der Waals surface area (Å²) in [5.74, 6) is 3.07. The highest BCUT2D eigenvalue weighted by Gasteiger charge is 2.60. The Morgan fingerprint density at radius 1 is 0.706 bits per heavy atom. The largest absolute Gasteiger partial charge is 0.480 e. The van der Waals surface area contributed by atoms with Gasteiger partial charge in [0, 0.05) is 12.8 Å². The van der Waals surface area contributed by atoms with Gasteiger partial charge in [-0.2, -0.15) is 0 Å². The molecule has 0 aliphatic heterocycles. The molecule has 6 nitrogen and oxygen atoms in total. The molecule has 51 heavy (non-hydrogen) atoms. The van der Waals surface area contributed by atoms with Crippen molar-refractivity contribution in [1.82, 2.24) is 5.32 Å². The molecular weight excluding hydrogens is 634 g/mol. The van der Waals surface area contributed by atoms with Crippen molar-refractivity contribution in [3.63, 3.8) is 0 Å². The Bertz CT molecular complexity index is 1060. The number of amides is 1. The van der Waals surface area contributed by atoms with Crippen molar-refractivity contribution < 1.29 is 24.2 Å². The van der Waals surface area contributed by atoms with Gasteiger partial charge in [-0.05, 0) is 117 Å². The van der Waals surface area contributed by atoms with Gasteiger partial charge in [0.05, 0.1) is 0 Å². The van der Waals surface area contributed by atoms with E-state index in [-0.39, 0.29) is 24.5 Å². The van der Waals surface area contributed by atoms with E-state index in [9.17, 15) is 14.4 Å². The summed E-state index contributed by atoms with van der Waals surface area (Å²) >= 11 is 0. The quantitative estimate of drug-likeness (QED) is 0.0767. The molecule has 4 aliphatic rings. The van der Waals surface area contributed by atoms with E-state index >= 15 is 0 Å². The lowest BCUT2D eigenvalue weighted by Gasteiger charge is -2.61. The molecule has 4 fully saturated rings. The third-order valence-corrected chi connectivity index (χ3v) is 15.2. The standard InChI is InChI=1S/C45H79NO5/c1-5-6-7-8-9-10-11-12-13-14-15-16-17-18-19-20-21-43(50)51-36-28-30-44(3)35(32-36)23-24-37-39-26-25-38(45(39,4)31-29-40(37)44)34(2)22-27-41(47)46-33-42(48)49/h34-40H,5-33H2,1-4H3,(H,46,47)(H,48,49). The van der Waals surface area contributed by atoms with Crippen LogP contribution in [0.5, 0.6) is 0 Å². The average molecular weight is 714 g/mol. The average Bonchev–Trinajstić information content (AvgIpc) is 3.47. The van der Waals surface area contributed by atoms with Crippen LogP contribution >= 0.6 is 0 Å². The van der Waals surface area contributed by atoms with Crippen molar-refractivity contribution in [2.45, 2.75) is 214 Å². The molecule has 4 aliphatic carbocycles. The number of aliphatic carboxylic acids is 1. The minimum atomic E-state index is -0.988. The highest BCUT2D eigenvalue weighted by atomic mass is 16.5. The molecule has 0 saturated heterocycles. The van der Waals surface area contributed by atoms with Crippen LogP contribution in [0.1, 0.15) is 207 Å². The molecule has 4 rings (SSSR count). The predicted molar refractivity (Wildman–Crippen MR) is 208 cm³/mol. The van der Waals surface area contributed by atoms with Crippen molar-refractivity contribution in [1.29, 1.82) is 0 Å². The topological polar surface area (TPSA) is 92.7 Å². The Hall–Kier alpha value is -1.59. The lowest BCUT2D eigenvalue weighted by molar-refractivity contribution is -0.162. The van der Waals surface area contributed by atoms with Crippen LogP contribution in [0.3, 0.4) is 0 Å². The van der Waals surface area contributed by atoms with Gasteiger partial charge in [-0.3, -0.25) is 14.4 Å². The lowest BCUT2D eigenvalue weighted by Crippen LogP contribution is -2.54. The fraction of sp³-hybridized carbons (Fsp3) is 0.933. The summed E-state index contributed by atoms with van der Waals surface area (Å²) < 4.78 is 6.14. The summed E-state index contributed by atoms with van der Waals surface area (Å²) in [6.45, 7) is 9.49. The molecule has 0 radical (unpaired) electrons. The van der Waals surface area contributed by atoms with Crippen molar-refractivity contribution in [3.8, 4) is 0 Å². The van der Waals surface area contributed by atoms with Gasteiger partial charge < -0.3 is 15.2 Å². The predicted octanol–water partition coefficient (Wildman–Crippen LogP) is 11.8. The Morgan fingerprint density at radius 3 is 1.88 bits per heavy atom. The van der Waals surface area contributed by atoms with E-state index in [4.69, 9.17) is 9.84 Å². The maximum absolute atomic E-state index is 12.8. The first kappa shape index (κ1) is 42.2. The minimum absolute atomic E-state index is 0.0431. The van der Waals surface area contributed by atoms with E-state index in [0.29, 0.717) is 41.4 Å². The maximum atomic E-state index is 12.8. The monoisotopic (exact) mass is 714 g/mol. The number of esters is 1. The van der Waals surface area contributed by atoms with Gasteiger partial charge in [-0.25, -0.2) is 0 Å². The normalized spacial score (nSPS) is 32.0. The number of carbonyl (C=O) groups excluding carboxylic acids is 2. The number of ether oxygens (including phenoxy) is 1. The number of carbonyl (C=O) groups is 3. The SMILES string of the molecule is CCCCCCCCCCCCCCCCCCC(=O)OC1CCC2(C)C(CCC3C2CCC2(C)C(C(C)CCC(=O)NCC(=O)O)CCC32)C1. The van der Waals surface area contributed by atoms with E-state index in [1.54, 1.807) is 0 Å². The van der Waals surface area contributed by atoms with Crippen molar-refractivity contribution >= 4 is 17.8 Å². The zero-order chi connectivity index (χ0) is 36.7. The molecule has 294 valence electrons. The molecule has 0 spiro atoms. The van der Waals surface area contributed by atoms with Crippen LogP contribution in [0.2, 0.25) is 0 Å². The summed E-state index contributed by atoms with van der Waals surface area (Å²) in [5.41, 5.74) is 0.716. The molecule has 9 atom stereocenters. The van der Waals surface area contributed by atoms with Crippen molar-refractivity contribution in [2.24, 2.45) is 46.3 Å². The molecule has 6 heteroatoms. The smallest absolute Gasteiger partial charge is 0.322 e. The third kappa shape index (κ3) is 12.2. The lowest BCUT2D eigenvalue weighted by atomic mass is 9.44. The van der Waals surface area contributed by atoms with Crippen molar-refractivity contribution in [2.75, 3.05) is 6.54 Å². The van der Waals surface area contributed by atoms with Crippen molar-refractivity contribution in [3.05, 3.63) is 0 Å². The van der Waals surface area contributed by atoms with Gasteiger partial charge in [-0.1, -0.05) is 124 Å². The van der Waals surface area contributed by atoms with E-state index in [2.05, 4.69) is 33.0 Å². The second-order valence-corrected chi connectivity index (χ2v) is 18.5. The summed E-state index contributed by atoms with van der Waals surface area (Å²) in [4.78, 5) is 35.9. The Morgan fingerprint density at radius 2 is 1.27 bits per heavy atom.